The normalized spacial score (nSPS) is 14.1. The summed E-state index contributed by atoms with van der Waals surface area (Å²) >= 11 is 0. The lowest BCUT2D eigenvalue weighted by molar-refractivity contribution is -0.0499. The van der Waals surface area contributed by atoms with Crippen LogP contribution in [-0.2, 0) is 0 Å². The average Bonchev–Trinajstić information content (AvgIpc) is 3.54. The molecule has 1 aliphatic rings. The van der Waals surface area contributed by atoms with Crippen molar-refractivity contribution in [2.75, 3.05) is 0 Å². The highest BCUT2D eigenvalue weighted by atomic mass is 19.3. The summed E-state index contributed by atoms with van der Waals surface area (Å²) in [5.41, 5.74) is 1.45. The van der Waals surface area contributed by atoms with Gasteiger partial charge >= 0.3 is 6.61 Å². The lowest BCUT2D eigenvalue weighted by Crippen LogP contribution is -2.29. The van der Waals surface area contributed by atoms with E-state index in [9.17, 15) is 13.6 Å². The van der Waals surface area contributed by atoms with Crippen molar-refractivity contribution in [2.24, 2.45) is 0 Å². The molecular weight excluding hydrogens is 418 g/mol. The molecule has 2 aromatic heterocycles. The maximum Gasteiger partial charge on any atom is 0.387 e. The number of pyridine rings is 1. The van der Waals surface area contributed by atoms with Crippen LogP contribution in [0.2, 0.25) is 0 Å². The van der Waals surface area contributed by atoms with Gasteiger partial charge in [-0.3, -0.25) is 4.79 Å². The number of aromatic nitrogens is 4. The number of rotatable bonds is 7. The number of ether oxygens (including phenoxy) is 1. The van der Waals surface area contributed by atoms with Crippen LogP contribution in [0.5, 0.6) is 5.75 Å². The summed E-state index contributed by atoms with van der Waals surface area (Å²) in [5.74, 6) is 1.14. The highest BCUT2D eigenvalue weighted by Crippen LogP contribution is 2.41. The molecule has 32 heavy (non-hydrogen) atoms. The summed E-state index contributed by atoms with van der Waals surface area (Å²) in [4.78, 5) is 21.6. The van der Waals surface area contributed by atoms with Gasteiger partial charge in [-0.15, -0.1) is 5.10 Å². The van der Waals surface area contributed by atoms with Crippen molar-refractivity contribution in [3.05, 3.63) is 64.9 Å². The second kappa shape index (κ2) is 8.70. The molecule has 0 aliphatic heterocycles. The topological polar surface area (TPSA) is 106 Å². The van der Waals surface area contributed by atoms with E-state index in [-0.39, 0.29) is 17.2 Å². The Morgan fingerprint density at radius 1 is 1.31 bits per heavy atom. The summed E-state index contributed by atoms with van der Waals surface area (Å²) in [6, 6.07) is 9.25. The molecule has 1 aliphatic carbocycles. The molecule has 1 saturated carbocycles. The van der Waals surface area contributed by atoms with Crippen LogP contribution in [0.25, 0.3) is 5.82 Å². The molecule has 3 aromatic rings. The van der Waals surface area contributed by atoms with Gasteiger partial charge in [-0.1, -0.05) is 0 Å². The molecule has 0 unspecified atom stereocenters. The van der Waals surface area contributed by atoms with Crippen LogP contribution in [0.4, 0.5) is 8.78 Å². The maximum atomic E-state index is 12.9. The number of carbonyl (C=O) groups excluding carboxylic acids is 1. The number of hydrogen-bond donors (Lipinski definition) is 1. The number of benzene rings is 1. The van der Waals surface area contributed by atoms with Gasteiger partial charge < -0.3 is 10.1 Å². The van der Waals surface area contributed by atoms with Crippen LogP contribution in [-0.4, -0.2) is 32.3 Å². The van der Waals surface area contributed by atoms with Crippen LogP contribution in [0.3, 0.4) is 0 Å². The molecule has 1 fully saturated rings. The smallest absolute Gasteiger partial charge is 0.387 e. The fraction of sp³-hybridized carbons (Fsp3) is 0.318. The number of amides is 1. The molecule has 8 nitrogen and oxygen atoms in total. The van der Waals surface area contributed by atoms with E-state index in [1.807, 2.05) is 6.07 Å². The molecule has 1 atom stereocenters. The van der Waals surface area contributed by atoms with E-state index in [2.05, 4.69) is 25.1 Å². The van der Waals surface area contributed by atoms with Gasteiger partial charge in [0, 0.05) is 11.8 Å². The van der Waals surface area contributed by atoms with Crippen molar-refractivity contribution in [1.29, 1.82) is 5.26 Å². The number of aryl methyl sites for hydroxylation is 1. The number of hydrogen-bond acceptors (Lipinski definition) is 6. The number of alkyl halides is 2. The molecule has 0 radical (unpaired) electrons. The third kappa shape index (κ3) is 4.72. The average molecular weight is 438 g/mol. The standard InChI is InChI=1S/C22H20F2N6O2/c1-12(20-28-13(2)29-30(20)19-6-3-14(10-25)11-26-19)27-21(31)17-7-16(15-4-5-15)8-18(9-17)32-22(23)24/h3,6-9,11-12,15,22H,4-5H2,1-2H3,(H,27,31)/t12-/m0/s1. The Labute approximate surface area is 182 Å². The monoisotopic (exact) mass is 438 g/mol. The van der Waals surface area contributed by atoms with Crippen molar-refractivity contribution in [3.8, 4) is 17.6 Å². The van der Waals surface area contributed by atoms with Gasteiger partial charge in [-0.2, -0.15) is 18.7 Å². The lowest BCUT2D eigenvalue weighted by Gasteiger charge is -2.15. The summed E-state index contributed by atoms with van der Waals surface area (Å²) in [5, 5.41) is 16.1. The van der Waals surface area contributed by atoms with Gasteiger partial charge in [-0.25, -0.2) is 9.97 Å². The fourth-order valence-electron chi connectivity index (χ4n) is 3.38. The molecular formula is C22H20F2N6O2. The lowest BCUT2D eigenvalue weighted by atomic mass is 10.1. The van der Waals surface area contributed by atoms with Gasteiger partial charge in [0.15, 0.2) is 11.6 Å². The Bertz CT molecular complexity index is 1180. The summed E-state index contributed by atoms with van der Waals surface area (Å²) in [6.45, 7) is 0.481. The summed E-state index contributed by atoms with van der Waals surface area (Å²) in [6.07, 6.45) is 3.33. The van der Waals surface area contributed by atoms with Crippen LogP contribution in [0, 0.1) is 18.3 Å². The van der Waals surface area contributed by atoms with E-state index in [4.69, 9.17) is 5.26 Å². The second-order valence-electron chi connectivity index (χ2n) is 7.58. The molecule has 4 rings (SSSR count). The SMILES string of the molecule is Cc1nc([C@H](C)NC(=O)c2cc(OC(F)F)cc(C3CC3)c2)n(-c2ccc(C#N)cn2)n1. The Kier molecular flexibility index (Phi) is 5.81. The quantitative estimate of drug-likeness (QED) is 0.601. The van der Waals surface area contributed by atoms with Crippen molar-refractivity contribution in [1.82, 2.24) is 25.1 Å². The number of nitrogens with zero attached hydrogens (tertiary/aromatic N) is 5. The number of carbonyl (C=O) groups is 1. The van der Waals surface area contributed by atoms with Gasteiger partial charge in [-0.05, 0) is 68.5 Å². The Morgan fingerprint density at radius 2 is 2.09 bits per heavy atom. The van der Waals surface area contributed by atoms with Crippen molar-refractivity contribution in [2.45, 2.75) is 45.3 Å². The highest BCUT2D eigenvalue weighted by Gasteiger charge is 2.26. The largest absolute Gasteiger partial charge is 0.435 e. The zero-order chi connectivity index (χ0) is 22.8. The number of halogens is 2. The fourth-order valence-corrected chi connectivity index (χ4v) is 3.38. The van der Waals surface area contributed by atoms with Crippen LogP contribution >= 0.6 is 0 Å². The minimum absolute atomic E-state index is 0.0389. The summed E-state index contributed by atoms with van der Waals surface area (Å²) < 4.78 is 31.5. The van der Waals surface area contributed by atoms with Gasteiger partial charge in [0.25, 0.3) is 5.91 Å². The zero-order valence-electron chi connectivity index (χ0n) is 17.4. The van der Waals surface area contributed by atoms with E-state index < -0.39 is 18.6 Å². The third-order valence-corrected chi connectivity index (χ3v) is 5.03. The molecule has 1 N–H and O–H groups in total. The first-order valence-corrected chi connectivity index (χ1v) is 10.0. The van der Waals surface area contributed by atoms with Gasteiger partial charge in [0.1, 0.15) is 17.6 Å². The zero-order valence-corrected chi connectivity index (χ0v) is 17.4. The first-order valence-electron chi connectivity index (χ1n) is 10.0. The molecule has 10 heteroatoms. The van der Waals surface area contributed by atoms with Crippen molar-refractivity contribution >= 4 is 5.91 Å². The van der Waals surface area contributed by atoms with Crippen molar-refractivity contribution < 1.29 is 18.3 Å². The maximum absolute atomic E-state index is 12.9. The Balaban J connectivity index is 1.58. The van der Waals surface area contributed by atoms with E-state index in [1.165, 1.54) is 16.9 Å². The van der Waals surface area contributed by atoms with Crippen LogP contribution in [0.15, 0.2) is 36.5 Å². The molecule has 164 valence electrons. The highest BCUT2D eigenvalue weighted by molar-refractivity contribution is 5.95. The van der Waals surface area contributed by atoms with Crippen LogP contribution in [0.1, 0.15) is 64.9 Å². The molecule has 0 saturated heterocycles. The predicted molar refractivity (Wildman–Crippen MR) is 110 cm³/mol. The number of nitrogens with one attached hydrogen (secondary N) is 1. The van der Waals surface area contributed by atoms with E-state index in [0.717, 1.165) is 18.4 Å². The number of nitriles is 1. The molecule has 0 bridgehead atoms. The predicted octanol–water partition coefficient (Wildman–Crippen LogP) is 3.81. The van der Waals surface area contributed by atoms with Crippen molar-refractivity contribution in [3.63, 3.8) is 0 Å². The summed E-state index contributed by atoms with van der Waals surface area (Å²) in [7, 11) is 0. The van der Waals surface area contributed by atoms with Crippen LogP contribution < -0.4 is 10.1 Å². The molecule has 2 heterocycles. The first-order chi connectivity index (χ1) is 15.3. The minimum Gasteiger partial charge on any atom is -0.435 e. The molecule has 1 amide bonds. The first kappa shape index (κ1) is 21.4. The third-order valence-electron chi connectivity index (χ3n) is 5.03. The Morgan fingerprint density at radius 3 is 2.72 bits per heavy atom. The molecule has 0 spiro atoms. The Hall–Kier alpha value is -3.87. The van der Waals surface area contributed by atoms with Gasteiger partial charge in [0.05, 0.1) is 11.6 Å². The second-order valence-corrected chi connectivity index (χ2v) is 7.58. The van der Waals surface area contributed by atoms with E-state index >= 15 is 0 Å². The van der Waals surface area contributed by atoms with E-state index in [1.54, 1.807) is 38.1 Å². The van der Waals surface area contributed by atoms with E-state index in [0.29, 0.717) is 23.0 Å². The molecule has 1 aromatic carbocycles. The van der Waals surface area contributed by atoms with Gasteiger partial charge in [0.2, 0.25) is 0 Å². The minimum atomic E-state index is -2.97.